The summed E-state index contributed by atoms with van der Waals surface area (Å²) in [4.78, 5) is 28.5. The number of hydrogen-bond acceptors (Lipinski definition) is 3. The highest BCUT2D eigenvalue weighted by Gasteiger charge is 2.31. The minimum atomic E-state index is -0.153. The van der Waals surface area contributed by atoms with Crippen molar-refractivity contribution < 1.29 is 9.21 Å². The highest BCUT2D eigenvalue weighted by Crippen LogP contribution is 2.30. The van der Waals surface area contributed by atoms with E-state index in [-0.39, 0.29) is 17.6 Å². The average molecular weight is 436 g/mol. The molecule has 6 heteroatoms. The Morgan fingerprint density at radius 3 is 2.59 bits per heavy atom. The molecule has 0 bridgehead atoms. The first kappa shape index (κ1) is 22.2. The molecule has 0 aliphatic heterocycles. The number of fused-ring (bicyclic) bond motifs is 1. The number of urea groups is 1. The second-order valence-corrected chi connectivity index (χ2v) is 9.41. The van der Waals surface area contributed by atoms with E-state index in [0.717, 1.165) is 30.4 Å². The number of hydrogen-bond donors (Lipinski definition) is 1. The summed E-state index contributed by atoms with van der Waals surface area (Å²) < 4.78 is 7.28. The summed E-state index contributed by atoms with van der Waals surface area (Å²) >= 11 is 0. The molecule has 6 nitrogen and oxygen atoms in total. The van der Waals surface area contributed by atoms with Gasteiger partial charge in [0.15, 0.2) is 0 Å². The minimum absolute atomic E-state index is 0.0272. The maximum absolute atomic E-state index is 13.6. The Hall–Kier alpha value is -3.02. The van der Waals surface area contributed by atoms with Gasteiger partial charge in [0, 0.05) is 29.6 Å². The molecular weight excluding hydrogens is 402 g/mol. The summed E-state index contributed by atoms with van der Waals surface area (Å²) in [6, 6.07) is 11.2. The van der Waals surface area contributed by atoms with Crippen LogP contribution in [0.15, 0.2) is 58.1 Å². The Labute approximate surface area is 189 Å². The lowest BCUT2D eigenvalue weighted by Gasteiger charge is -2.38. The topological polar surface area (TPSA) is 67.5 Å². The van der Waals surface area contributed by atoms with Crippen LogP contribution in [0, 0.1) is 11.8 Å². The summed E-state index contributed by atoms with van der Waals surface area (Å²) in [6.07, 6.45) is 7.87. The predicted molar refractivity (Wildman–Crippen MR) is 128 cm³/mol. The van der Waals surface area contributed by atoms with Gasteiger partial charge in [0.1, 0.15) is 5.76 Å². The zero-order chi connectivity index (χ0) is 22.7. The van der Waals surface area contributed by atoms with Crippen LogP contribution in [0.2, 0.25) is 0 Å². The fourth-order valence-electron chi connectivity index (χ4n) is 4.83. The molecule has 2 aromatic heterocycles. The fourth-order valence-corrected chi connectivity index (χ4v) is 4.83. The monoisotopic (exact) mass is 435 g/mol. The third-order valence-corrected chi connectivity index (χ3v) is 6.43. The van der Waals surface area contributed by atoms with E-state index in [2.05, 4.69) is 26.1 Å². The van der Waals surface area contributed by atoms with Crippen LogP contribution in [-0.2, 0) is 13.1 Å². The van der Waals surface area contributed by atoms with Crippen LogP contribution in [0.25, 0.3) is 10.8 Å². The lowest BCUT2D eigenvalue weighted by atomic mass is 9.85. The van der Waals surface area contributed by atoms with E-state index >= 15 is 0 Å². The van der Waals surface area contributed by atoms with Gasteiger partial charge >= 0.3 is 6.03 Å². The van der Waals surface area contributed by atoms with Gasteiger partial charge in [-0.25, -0.2) is 4.79 Å². The molecule has 32 heavy (non-hydrogen) atoms. The number of pyridine rings is 1. The molecule has 2 amide bonds. The molecule has 1 aromatic carbocycles. The second kappa shape index (κ2) is 9.63. The molecule has 0 spiro atoms. The van der Waals surface area contributed by atoms with Crippen LogP contribution in [0.3, 0.4) is 0 Å². The van der Waals surface area contributed by atoms with Gasteiger partial charge in [0.25, 0.3) is 5.56 Å². The van der Waals surface area contributed by atoms with E-state index < -0.39 is 0 Å². The normalized spacial score (nSPS) is 18.8. The Bertz CT molecular complexity index is 1120. The number of furan rings is 1. The lowest BCUT2D eigenvalue weighted by Crippen LogP contribution is -2.46. The van der Waals surface area contributed by atoms with Crippen molar-refractivity contribution in [1.29, 1.82) is 0 Å². The summed E-state index contributed by atoms with van der Waals surface area (Å²) in [6.45, 7) is 7.41. The highest BCUT2D eigenvalue weighted by molar-refractivity contribution is 6.01. The number of benzene rings is 1. The lowest BCUT2D eigenvalue weighted by molar-refractivity contribution is 0.124. The minimum Gasteiger partial charge on any atom is -0.467 e. The average Bonchev–Trinajstić information content (AvgIpc) is 3.29. The van der Waals surface area contributed by atoms with Crippen LogP contribution < -0.4 is 10.9 Å². The Morgan fingerprint density at radius 2 is 1.91 bits per heavy atom. The van der Waals surface area contributed by atoms with Gasteiger partial charge < -0.3 is 19.2 Å². The van der Waals surface area contributed by atoms with Crippen LogP contribution in [-0.4, -0.2) is 21.5 Å². The third kappa shape index (κ3) is 4.74. The SMILES string of the molecule is CC(C)Cn1cc(NC(=O)N(Cc2ccco2)[C@@H]2CCCC[C@@H]2C)c2ccccc2c1=O. The van der Waals surface area contributed by atoms with E-state index in [1.54, 1.807) is 17.0 Å². The molecule has 1 N–H and O–H groups in total. The van der Waals surface area contributed by atoms with Crippen LogP contribution >= 0.6 is 0 Å². The van der Waals surface area contributed by atoms with Gasteiger partial charge in [-0.3, -0.25) is 4.79 Å². The molecule has 1 fully saturated rings. The summed E-state index contributed by atoms with van der Waals surface area (Å²) in [7, 11) is 0. The predicted octanol–water partition coefficient (Wildman–Crippen LogP) is 5.86. The van der Waals surface area contributed by atoms with Crippen molar-refractivity contribution in [2.75, 3.05) is 5.32 Å². The fraction of sp³-hybridized carbons (Fsp3) is 0.462. The van der Waals surface area contributed by atoms with Gasteiger partial charge in [0.2, 0.25) is 0 Å². The van der Waals surface area contributed by atoms with E-state index in [1.165, 1.54) is 6.42 Å². The van der Waals surface area contributed by atoms with Gasteiger partial charge in [-0.15, -0.1) is 0 Å². The largest absolute Gasteiger partial charge is 0.467 e. The van der Waals surface area contributed by atoms with Crippen molar-refractivity contribution in [3.63, 3.8) is 0 Å². The Morgan fingerprint density at radius 1 is 1.16 bits per heavy atom. The van der Waals surface area contributed by atoms with Gasteiger partial charge in [-0.1, -0.05) is 51.8 Å². The van der Waals surface area contributed by atoms with Crippen LogP contribution in [0.4, 0.5) is 10.5 Å². The number of carbonyl (C=O) groups excluding carboxylic acids is 1. The quantitative estimate of drug-likeness (QED) is 0.527. The molecule has 2 heterocycles. The van der Waals surface area contributed by atoms with Crippen molar-refractivity contribution in [3.05, 3.63) is 65.0 Å². The zero-order valence-corrected chi connectivity index (χ0v) is 19.2. The number of nitrogens with one attached hydrogen (secondary N) is 1. The number of amides is 2. The van der Waals surface area contributed by atoms with Crippen molar-refractivity contribution >= 4 is 22.5 Å². The number of rotatable bonds is 6. The van der Waals surface area contributed by atoms with Crippen molar-refractivity contribution in [3.8, 4) is 0 Å². The second-order valence-electron chi connectivity index (χ2n) is 9.41. The van der Waals surface area contributed by atoms with Gasteiger partial charge in [-0.05, 0) is 42.9 Å². The molecule has 170 valence electrons. The number of anilines is 1. The molecular formula is C26H33N3O3. The van der Waals surface area contributed by atoms with Crippen molar-refractivity contribution in [1.82, 2.24) is 9.47 Å². The Balaban J connectivity index is 1.69. The maximum Gasteiger partial charge on any atom is 0.322 e. The number of carbonyl (C=O) groups is 1. The molecule has 4 rings (SSSR count). The van der Waals surface area contributed by atoms with Gasteiger partial charge in [-0.2, -0.15) is 0 Å². The highest BCUT2D eigenvalue weighted by atomic mass is 16.3. The third-order valence-electron chi connectivity index (χ3n) is 6.43. The summed E-state index contributed by atoms with van der Waals surface area (Å²) in [5, 5.41) is 4.53. The Kier molecular flexibility index (Phi) is 6.68. The standard InChI is InChI=1S/C26H33N3O3/c1-18(2)15-28-17-23(21-11-5-6-12-22(21)25(28)30)27-26(31)29(16-20-10-8-14-32-20)24-13-7-4-9-19(24)3/h5-6,8,10-12,14,17-19,24H,4,7,9,13,15-16H2,1-3H3,(H,27,31)/t19-,24+/m0/s1. The first-order chi connectivity index (χ1) is 15.4. The molecule has 2 atom stereocenters. The number of nitrogens with zero attached hydrogens (tertiary/aromatic N) is 2. The van der Waals surface area contributed by atoms with Crippen molar-refractivity contribution in [2.45, 2.75) is 65.6 Å². The molecule has 0 radical (unpaired) electrons. The summed E-state index contributed by atoms with van der Waals surface area (Å²) in [5.74, 6) is 1.51. The zero-order valence-electron chi connectivity index (χ0n) is 19.2. The van der Waals surface area contributed by atoms with Crippen LogP contribution in [0.5, 0.6) is 0 Å². The molecule has 0 saturated heterocycles. The van der Waals surface area contributed by atoms with E-state index in [9.17, 15) is 9.59 Å². The molecule has 0 unspecified atom stereocenters. The number of aromatic nitrogens is 1. The smallest absolute Gasteiger partial charge is 0.322 e. The van der Waals surface area contributed by atoms with E-state index in [1.807, 2.05) is 41.3 Å². The molecule has 1 aliphatic carbocycles. The van der Waals surface area contributed by atoms with Crippen molar-refractivity contribution in [2.24, 2.45) is 11.8 Å². The molecule has 1 aliphatic rings. The summed E-state index contributed by atoms with van der Waals surface area (Å²) in [5.41, 5.74) is 0.638. The van der Waals surface area contributed by atoms with Crippen LogP contribution in [0.1, 0.15) is 52.2 Å². The van der Waals surface area contributed by atoms with Gasteiger partial charge in [0.05, 0.1) is 18.5 Å². The maximum atomic E-state index is 13.6. The van der Waals surface area contributed by atoms with E-state index in [4.69, 9.17) is 4.42 Å². The molecule has 1 saturated carbocycles. The molecule has 3 aromatic rings. The first-order valence-electron chi connectivity index (χ1n) is 11.7. The first-order valence-corrected chi connectivity index (χ1v) is 11.7. The van der Waals surface area contributed by atoms with E-state index in [0.29, 0.717) is 36.0 Å².